The van der Waals surface area contributed by atoms with Gasteiger partial charge >= 0.3 is 0 Å². The summed E-state index contributed by atoms with van der Waals surface area (Å²) in [5.41, 5.74) is 1.86. The van der Waals surface area contributed by atoms with Crippen LogP contribution in [0.1, 0.15) is 30.6 Å². The highest BCUT2D eigenvalue weighted by atomic mass is 79.9. The third-order valence-corrected chi connectivity index (χ3v) is 3.98. The van der Waals surface area contributed by atoms with E-state index in [1.54, 1.807) is 0 Å². The van der Waals surface area contributed by atoms with Crippen molar-refractivity contribution in [3.05, 3.63) is 63.1 Å². The van der Waals surface area contributed by atoms with Gasteiger partial charge in [0.2, 0.25) is 0 Å². The second-order valence-electron chi connectivity index (χ2n) is 4.89. The van der Waals surface area contributed by atoms with Crippen molar-refractivity contribution in [1.82, 2.24) is 0 Å². The standard InChI is InChI=1S/C17H18BrClO2/c1-2-8-21-17-7-6-13(11-15(17)18)16(20)10-12-4-3-5-14(19)9-12/h3-7,9,11,16,20H,2,8,10H2,1H3. The molecule has 1 atom stereocenters. The average molecular weight is 370 g/mol. The third-order valence-electron chi connectivity index (χ3n) is 3.12. The SMILES string of the molecule is CCCOc1ccc(C(O)Cc2cccc(Cl)c2)cc1Br. The number of rotatable bonds is 6. The van der Waals surface area contributed by atoms with Crippen molar-refractivity contribution in [2.24, 2.45) is 0 Å². The first-order valence-electron chi connectivity index (χ1n) is 6.95. The van der Waals surface area contributed by atoms with Gasteiger partial charge < -0.3 is 9.84 Å². The molecule has 0 bridgehead atoms. The fourth-order valence-electron chi connectivity index (χ4n) is 2.06. The van der Waals surface area contributed by atoms with Crippen LogP contribution in [0.3, 0.4) is 0 Å². The largest absolute Gasteiger partial charge is 0.492 e. The van der Waals surface area contributed by atoms with E-state index in [4.69, 9.17) is 16.3 Å². The lowest BCUT2D eigenvalue weighted by molar-refractivity contribution is 0.178. The minimum absolute atomic E-state index is 0.530. The van der Waals surface area contributed by atoms with Crippen LogP contribution in [0.2, 0.25) is 5.02 Å². The molecule has 0 aromatic heterocycles. The zero-order chi connectivity index (χ0) is 15.2. The number of aliphatic hydroxyl groups is 1. The van der Waals surface area contributed by atoms with Gasteiger partial charge in [-0.2, -0.15) is 0 Å². The number of hydrogen-bond acceptors (Lipinski definition) is 2. The lowest BCUT2D eigenvalue weighted by Crippen LogP contribution is -2.03. The van der Waals surface area contributed by atoms with Gasteiger partial charge in [0.1, 0.15) is 5.75 Å². The first-order valence-corrected chi connectivity index (χ1v) is 8.12. The summed E-state index contributed by atoms with van der Waals surface area (Å²) < 4.78 is 6.47. The molecule has 0 fully saturated rings. The Morgan fingerprint density at radius 1 is 1.24 bits per heavy atom. The topological polar surface area (TPSA) is 29.5 Å². The quantitative estimate of drug-likeness (QED) is 0.761. The van der Waals surface area contributed by atoms with Crippen molar-refractivity contribution >= 4 is 27.5 Å². The van der Waals surface area contributed by atoms with Crippen LogP contribution < -0.4 is 4.74 Å². The number of hydrogen-bond donors (Lipinski definition) is 1. The average Bonchev–Trinajstić information content (AvgIpc) is 2.46. The molecule has 4 heteroatoms. The molecule has 1 N–H and O–H groups in total. The van der Waals surface area contributed by atoms with Crippen LogP contribution in [0, 0.1) is 0 Å². The van der Waals surface area contributed by atoms with Gasteiger partial charge in [-0.25, -0.2) is 0 Å². The predicted octanol–water partition coefficient (Wildman–Crippen LogP) is 5.17. The molecule has 0 aliphatic rings. The van der Waals surface area contributed by atoms with Gasteiger partial charge in [0.05, 0.1) is 17.2 Å². The fraction of sp³-hybridized carbons (Fsp3) is 0.294. The zero-order valence-electron chi connectivity index (χ0n) is 11.9. The molecule has 0 aliphatic carbocycles. The minimum atomic E-state index is -0.569. The summed E-state index contributed by atoms with van der Waals surface area (Å²) in [6.45, 7) is 2.75. The van der Waals surface area contributed by atoms with Gasteiger partial charge in [-0.05, 0) is 57.7 Å². The summed E-state index contributed by atoms with van der Waals surface area (Å²) in [5, 5.41) is 11.0. The Hall–Kier alpha value is -1.03. The molecule has 2 nitrogen and oxygen atoms in total. The molecule has 0 amide bonds. The second kappa shape index (κ2) is 7.83. The smallest absolute Gasteiger partial charge is 0.133 e. The Morgan fingerprint density at radius 3 is 2.71 bits per heavy atom. The highest BCUT2D eigenvalue weighted by Gasteiger charge is 2.11. The van der Waals surface area contributed by atoms with Gasteiger partial charge in [-0.3, -0.25) is 0 Å². The molecule has 2 aromatic carbocycles. The van der Waals surface area contributed by atoms with E-state index in [-0.39, 0.29) is 0 Å². The highest BCUT2D eigenvalue weighted by Crippen LogP contribution is 2.30. The van der Waals surface area contributed by atoms with Crippen LogP contribution >= 0.6 is 27.5 Å². The lowest BCUT2D eigenvalue weighted by atomic mass is 10.0. The third kappa shape index (κ3) is 4.73. The number of halogens is 2. The van der Waals surface area contributed by atoms with E-state index in [1.807, 2.05) is 42.5 Å². The Balaban J connectivity index is 2.08. The molecule has 0 radical (unpaired) electrons. The molecular weight excluding hydrogens is 352 g/mol. The molecule has 1 unspecified atom stereocenters. The van der Waals surface area contributed by atoms with E-state index in [1.165, 1.54) is 0 Å². The fourth-order valence-corrected chi connectivity index (χ4v) is 2.78. The molecule has 112 valence electrons. The summed E-state index contributed by atoms with van der Waals surface area (Å²) in [7, 11) is 0. The van der Waals surface area contributed by atoms with Crippen molar-refractivity contribution in [1.29, 1.82) is 0 Å². The first kappa shape index (κ1) is 16.3. The van der Waals surface area contributed by atoms with Crippen LogP contribution in [-0.2, 0) is 6.42 Å². The van der Waals surface area contributed by atoms with Gasteiger partial charge in [0.25, 0.3) is 0 Å². The number of aliphatic hydroxyl groups excluding tert-OH is 1. The maximum absolute atomic E-state index is 10.4. The minimum Gasteiger partial charge on any atom is -0.492 e. The Kier molecular flexibility index (Phi) is 6.09. The van der Waals surface area contributed by atoms with E-state index in [0.717, 1.165) is 27.8 Å². The molecule has 0 saturated carbocycles. The van der Waals surface area contributed by atoms with Crippen LogP contribution in [0.15, 0.2) is 46.9 Å². The maximum atomic E-state index is 10.4. The first-order chi connectivity index (χ1) is 10.1. The predicted molar refractivity (Wildman–Crippen MR) is 90.0 cm³/mol. The molecule has 0 spiro atoms. The van der Waals surface area contributed by atoms with E-state index in [0.29, 0.717) is 18.1 Å². The summed E-state index contributed by atoms with van der Waals surface area (Å²) in [4.78, 5) is 0. The summed E-state index contributed by atoms with van der Waals surface area (Å²) in [6, 6.07) is 13.2. The van der Waals surface area contributed by atoms with Crippen molar-refractivity contribution < 1.29 is 9.84 Å². The van der Waals surface area contributed by atoms with Gasteiger partial charge in [-0.1, -0.05) is 36.7 Å². The normalized spacial score (nSPS) is 12.2. The maximum Gasteiger partial charge on any atom is 0.133 e. The molecule has 0 saturated heterocycles. The van der Waals surface area contributed by atoms with Crippen molar-refractivity contribution in [3.8, 4) is 5.75 Å². The van der Waals surface area contributed by atoms with Crippen molar-refractivity contribution in [2.45, 2.75) is 25.9 Å². The van der Waals surface area contributed by atoms with Gasteiger partial charge in [0.15, 0.2) is 0 Å². The second-order valence-corrected chi connectivity index (χ2v) is 6.18. The summed E-state index contributed by atoms with van der Waals surface area (Å²) in [5.74, 6) is 0.801. The van der Waals surface area contributed by atoms with Crippen LogP contribution in [-0.4, -0.2) is 11.7 Å². The van der Waals surface area contributed by atoms with Crippen LogP contribution in [0.4, 0.5) is 0 Å². The van der Waals surface area contributed by atoms with Gasteiger partial charge in [-0.15, -0.1) is 0 Å². The molecular formula is C17H18BrClO2. The Labute approximate surface area is 138 Å². The molecule has 2 aromatic rings. The van der Waals surface area contributed by atoms with Crippen molar-refractivity contribution in [3.63, 3.8) is 0 Å². The van der Waals surface area contributed by atoms with E-state index >= 15 is 0 Å². The monoisotopic (exact) mass is 368 g/mol. The van der Waals surface area contributed by atoms with E-state index in [9.17, 15) is 5.11 Å². The Bertz CT molecular complexity index is 601. The van der Waals surface area contributed by atoms with Crippen molar-refractivity contribution in [2.75, 3.05) is 6.61 Å². The van der Waals surface area contributed by atoms with E-state index < -0.39 is 6.10 Å². The van der Waals surface area contributed by atoms with Gasteiger partial charge in [0, 0.05) is 11.4 Å². The zero-order valence-corrected chi connectivity index (χ0v) is 14.2. The number of benzene rings is 2. The molecule has 2 rings (SSSR count). The molecule has 21 heavy (non-hydrogen) atoms. The molecule has 0 aliphatic heterocycles. The van der Waals surface area contributed by atoms with Crippen LogP contribution in [0.25, 0.3) is 0 Å². The van der Waals surface area contributed by atoms with Crippen LogP contribution in [0.5, 0.6) is 5.75 Å². The highest BCUT2D eigenvalue weighted by molar-refractivity contribution is 9.10. The lowest BCUT2D eigenvalue weighted by Gasteiger charge is -2.14. The summed E-state index contributed by atoms with van der Waals surface area (Å²) in [6.07, 6.45) is 0.924. The Morgan fingerprint density at radius 2 is 2.05 bits per heavy atom. The van der Waals surface area contributed by atoms with E-state index in [2.05, 4.69) is 22.9 Å². The number of ether oxygens (including phenoxy) is 1. The summed E-state index contributed by atoms with van der Waals surface area (Å²) >= 11 is 9.45. The molecule has 0 heterocycles.